The smallest absolute Gasteiger partial charge is 0.337 e. The molecule has 2 aliphatic heterocycles. The van der Waals surface area contributed by atoms with Crippen LogP contribution in [0.1, 0.15) is 18.5 Å². The van der Waals surface area contributed by atoms with Gasteiger partial charge in [-0.2, -0.15) is 0 Å². The lowest BCUT2D eigenvalue weighted by molar-refractivity contribution is -0.136. The highest BCUT2D eigenvalue weighted by molar-refractivity contribution is 7.80. The number of carbonyl (C=O) groups is 1. The minimum absolute atomic E-state index is 0.0755. The molecule has 0 saturated heterocycles. The van der Waals surface area contributed by atoms with E-state index in [-0.39, 0.29) is 12.6 Å². The van der Waals surface area contributed by atoms with E-state index in [2.05, 4.69) is 5.32 Å². The van der Waals surface area contributed by atoms with E-state index < -0.39 is 12.0 Å². The minimum atomic E-state index is -0.612. The van der Waals surface area contributed by atoms with Crippen molar-refractivity contribution in [1.82, 2.24) is 5.32 Å². The molecule has 0 fully saturated rings. The Kier molecular flexibility index (Phi) is 5.06. The van der Waals surface area contributed by atoms with Crippen LogP contribution in [0, 0.1) is 5.82 Å². The van der Waals surface area contributed by atoms with Crippen LogP contribution in [0.2, 0.25) is 5.02 Å². The number of benzene rings is 2. The quantitative estimate of drug-likeness (QED) is 0.576. The van der Waals surface area contributed by atoms with Crippen LogP contribution < -0.4 is 19.7 Å². The molecular formula is C20H16ClFN2O4S. The first-order chi connectivity index (χ1) is 13.9. The highest BCUT2D eigenvalue weighted by Crippen LogP contribution is 2.43. The molecule has 150 valence electrons. The predicted molar refractivity (Wildman–Crippen MR) is 110 cm³/mol. The number of hydrogen-bond acceptors (Lipinski definition) is 5. The second kappa shape index (κ2) is 7.53. The standard InChI is InChI=1S/C20H16ClFN2O4S/c1-10-16(19(25)26-2)17(11-7-14(21)18-15(8-11)27-9-28-18)23-20(29)24(10)13-5-3-12(22)4-6-13/h3-8,17H,9H2,1-2H3,(H,23,29). The number of allylic oxidation sites excluding steroid dienone is 1. The number of nitrogens with one attached hydrogen (secondary N) is 1. The molecule has 2 heterocycles. The van der Waals surface area contributed by atoms with Crippen molar-refractivity contribution in [3.8, 4) is 11.5 Å². The number of hydrogen-bond donors (Lipinski definition) is 1. The molecule has 2 aromatic carbocycles. The van der Waals surface area contributed by atoms with Crippen LogP contribution >= 0.6 is 23.8 Å². The van der Waals surface area contributed by atoms with E-state index in [0.717, 1.165) is 0 Å². The van der Waals surface area contributed by atoms with Gasteiger partial charge < -0.3 is 19.5 Å². The van der Waals surface area contributed by atoms with E-state index in [9.17, 15) is 9.18 Å². The number of carbonyl (C=O) groups excluding carboxylic acids is 1. The third kappa shape index (κ3) is 3.38. The van der Waals surface area contributed by atoms with E-state index in [1.165, 1.54) is 19.2 Å². The van der Waals surface area contributed by atoms with Crippen LogP contribution in [0.25, 0.3) is 0 Å². The lowest BCUT2D eigenvalue weighted by Crippen LogP contribution is -2.48. The van der Waals surface area contributed by atoms with Crippen molar-refractivity contribution in [3.63, 3.8) is 0 Å². The van der Waals surface area contributed by atoms with Crippen molar-refractivity contribution in [1.29, 1.82) is 0 Å². The Morgan fingerprint density at radius 2 is 2.03 bits per heavy atom. The van der Waals surface area contributed by atoms with Crippen LogP contribution in [0.15, 0.2) is 47.7 Å². The van der Waals surface area contributed by atoms with Gasteiger partial charge in [-0.05, 0) is 61.1 Å². The number of fused-ring (bicyclic) bond motifs is 1. The molecular weight excluding hydrogens is 419 g/mol. The van der Waals surface area contributed by atoms with Crippen molar-refractivity contribution in [2.75, 3.05) is 18.8 Å². The molecule has 0 radical (unpaired) electrons. The van der Waals surface area contributed by atoms with E-state index >= 15 is 0 Å². The predicted octanol–water partition coefficient (Wildman–Crippen LogP) is 4.09. The van der Waals surface area contributed by atoms with Crippen LogP contribution in [0.5, 0.6) is 11.5 Å². The summed E-state index contributed by atoms with van der Waals surface area (Å²) >= 11 is 11.9. The number of esters is 1. The molecule has 1 unspecified atom stereocenters. The summed E-state index contributed by atoms with van der Waals surface area (Å²) in [5.74, 6) is 0.0563. The molecule has 0 aliphatic carbocycles. The number of methoxy groups -OCH3 is 1. The molecule has 1 N–H and O–H groups in total. The minimum Gasteiger partial charge on any atom is -0.466 e. The molecule has 0 amide bonds. The zero-order chi connectivity index (χ0) is 20.7. The molecule has 0 aromatic heterocycles. The second-order valence-electron chi connectivity index (χ2n) is 6.42. The van der Waals surface area contributed by atoms with Gasteiger partial charge in [0, 0.05) is 11.4 Å². The summed E-state index contributed by atoms with van der Waals surface area (Å²) in [5, 5.41) is 3.87. The maximum atomic E-state index is 13.4. The summed E-state index contributed by atoms with van der Waals surface area (Å²) in [5.41, 5.74) is 2.19. The summed E-state index contributed by atoms with van der Waals surface area (Å²) in [6.07, 6.45) is 0. The largest absolute Gasteiger partial charge is 0.466 e. The Labute approximate surface area is 176 Å². The van der Waals surface area contributed by atoms with Gasteiger partial charge in [-0.15, -0.1) is 0 Å². The van der Waals surface area contributed by atoms with E-state index in [0.29, 0.717) is 44.2 Å². The number of nitrogens with zero attached hydrogens (tertiary/aromatic N) is 1. The van der Waals surface area contributed by atoms with Crippen molar-refractivity contribution < 1.29 is 23.4 Å². The molecule has 29 heavy (non-hydrogen) atoms. The summed E-state index contributed by atoms with van der Waals surface area (Å²) in [6.45, 7) is 1.83. The lowest BCUT2D eigenvalue weighted by atomic mass is 9.94. The highest BCUT2D eigenvalue weighted by atomic mass is 35.5. The zero-order valence-corrected chi connectivity index (χ0v) is 17.1. The summed E-state index contributed by atoms with van der Waals surface area (Å²) < 4.78 is 29.2. The monoisotopic (exact) mass is 434 g/mol. The molecule has 9 heteroatoms. The van der Waals surface area contributed by atoms with E-state index in [1.807, 2.05) is 0 Å². The van der Waals surface area contributed by atoms with Gasteiger partial charge in [0.2, 0.25) is 6.79 Å². The normalized spacial score (nSPS) is 18.0. The Balaban J connectivity index is 1.83. The van der Waals surface area contributed by atoms with Crippen molar-refractivity contribution in [2.24, 2.45) is 0 Å². The van der Waals surface area contributed by atoms with Crippen LogP contribution in [-0.4, -0.2) is 25.0 Å². The first-order valence-corrected chi connectivity index (χ1v) is 9.43. The van der Waals surface area contributed by atoms with Crippen molar-refractivity contribution >= 4 is 40.6 Å². The van der Waals surface area contributed by atoms with Crippen molar-refractivity contribution in [3.05, 3.63) is 64.1 Å². The fourth-order valence-corrected chi connectivity index (χ4v) is 4.06. The molecule has 2 aromatic rings. The van der Waals surface area contributed by atoms with Gasteiger partial charge in [0.15, 0.2) is 16.6 Å². The topological polar surface area (TPSA) is 60.0 Å². The third-order valence-corrected chi connectivity index (χ3v) is 5.34. The van der Waals surface area contributed by atoms with Gasteiger partial charge in [-0.25, -0.2) is 9.18 Å². The van der Waals surface area contributed by atoms with Gasteiger partial charge in [0.25, 0.3) is 0 Å². The van der Waals surface area contributed by atoms with Gasteiger partial charge >= 0.3 is 5.97 Å². The Bertz CT molecular complexity index is 1040. The summed E-state index contributed by atoms with van der Waals surface area (Å²) in [7, 11) is 1.31. The SMILES string of the molecule is COC(=O)C1=C(C)N(c2ccc(F)cc2)C(=S)NC1c1cc(Cl)c2c(c1)OCO2. The van der Waals surface area contributed by atoms with Gasteiger partial charge in [0.05, 0.1) is 23.7 Å². The Morgan fingerprint density at radius 1 is 1.31 bits per heavy atom. The molecule has 2 aliphatic rings. The van der Waals surface area contributed by atoms with Crippen LogP contribution in [-0.2, 0) is 9.53 Å². The molecule has 0 bridgehead atoms. The number of thiocarbonyl (C=S) groups is 1. The van der Waals surface area contributed by atoms with Gasteiger partial charge in [-0.3, -0.25) is 4.90 Å². The number of anilines is 1. The number of rotatable bonds is 3. The maximum absolute atomic E-state index is 13.4. The molecule has 1 atom stereocenters. The zero-order valence-electron chi connectivity index (χ0n) is 15.5. The lowest BCUT2D eigenvalue weighted by Gasteiger charge is -2.37. The summed E-state index contributed by atoms with van der Waals surface area (Å²) in [4.78, 5) is 14.3. The average molecular weight is 435 g/mol. The first kappa shape index (κ1) is 19.5. The number of ether oxygens (including phenoxy) is 3. The maximum Gasteiger partial charge on any atom is 0.337 e. The van der Waals surface area contributed by atoms with Gasteiger partial charge in [0.1, 0.15) is 5.82 Å². The first-order valence-electron chi connectivity index (χ1n) is 8.65. The Morgan fingerprint density at radius 3 is 2.72 bits per heavy atom. The molecule has 0 spiro atoms. The van der Waals surface area contributed by atoms with E-state index in [4.69, 9.17) is 38.0 Å². The van der Waals surface area contributed by atoms with Crippen LogP contribution in [0.4, 0.5) is 10.1 Å². The molecule has 0 saturated carbocycles. The fraction of sp³-hybridized carbons (Fsp3) is 0.200. The summed E-state index contributed by atoms with van der Waals surface area (Å²) in [6, 6.07) is 8.65. The molecule has 6 nitrogen and oxygen atoms in total. The van der Waals surface area contributed by atoms with E-state index in [1.54, 1.807) is 36.1 Å². The average Bonchev–Trinajstić information content (AvgIpc) is 3.18. The van der Waals surface area contributed by atoms with Gasteiger partial charge in [-0.1, -0.05) is 11.6 Å². The third-order valence-electron chi connectivity index (χ3n) is 4.76. The fourth-order valence-electron chi connectivity index (χ4n) is 3.42. The van der Waals surface area contributed by atoms with Crippen LogP contribution in [0.3, 0.4) is 0 Å². The number of halogens is 2. The van der Waals surface area contributed by atoms with Crippen molar-refractivity contribution in [2.45, 2.75) is 13.0 Å². The second-order valence-corrected chi connectivity index (χ2v) is 7.22. The Hall–Kier alpha value is -2.84. The molecule has 4 rings (SSSR count). The highest BCUT2D eigenvalue weighted by Gasteiger charge is 2.36.